The predicted octanol–water partition coefficient (Wildman–Crippen LogP) is 8.96. The second-order valence-electron chi connectivity index (χ2n) is 23.7. The molecule has 2 aliphatic heterocycles. The van der Waals surface area contributed by atoms with Crippen molar-refractivity contribution in [1.82, 2.24) is 60.2 Å². The summed E-state index contributed by atoms with van der Waals surface area (Å²) in [5.74, 6) is 1.62. The molecule has 5 atom stereocenters. The molecule has 3 fully saturated rings. The summed E-state index contributed by atoms with van der Waals surface area (Å²) in [4.78, 5) is 56.3. The Morgan fingerprint density at radius 3 is 2.52 bits per heavy atom. The van der Waals surface area contributed by atoms with Gasteiger partial charge in [0.15, 0.2) is 23.0 Å². The highest BCUT2D eigenvalue weighted by atomic mass is 35.5. The number of carbonyl (C=O) groups is 2. The standard InChI is InChI=1S/C59H65ClN14O6S/c1-34(35-11-13-37(14-12-35)49-42(60)9-7-21-65-49)66-55(76)44-24-38(75)29-73(44)56(77)51(57(2,3)4)74-30-43(69-71-74)36-15-22-72(23-16-36)31-58(19-20-58)32-78-46-25-47(79-39-27-63-33-64-28-39)68-54(67-46)50-40-8-5-17-59(52(40)80-70-50)18-6-10-45-48(59)41(26-61)53(62)81-45/h7,9,11-14,21,25,27-28,30,33-34,36,38,44,51,75H,5-6,8,10,15-20,22-24,29,31-32,62H2,1-4H3,(H,66,76)/t34-,38+,44-,51+,59-/m0/s1. The van der Waals surface area contributed by atoms with E-state index in [2.05, 4.69) is 46.7 Å². The lowest BCUT2D eigenvalue weighted by Crippen LogP contribution is -2.50. The van der Waals surface area contributed by atoms with Gasteiger partial charge in [-0.05, 0) is 113 Å². The molecule has 20 nitrogen and oxygen atoms in total. The van der Waals surface area contributed by atoms with E-state index in [0.717, 1.165) is 122 Å². The van der Waals surface area contributed by atoms with Crippen molar-refractivity contribution in [2.75, 3.05) is 38.5 Å². The molecule has 6 aromatic heterocycles. The van der Waals surface area contributed by atoms with Crippen LogP contribution in [0.4, 0.5) is 5.00 Å². The number of nitriles is 1. The first-order valence-corrected chi connectivity index (χ1v) is 29.2. The number of nitrogens with two attached hydrogens (primary N) is 1. The number of aliphatic hydroxyl groups is 1. The van der Waals surface area contributed by atoms with E-state index in [1.54, 1.807) is 41.5 Å². The SMILES string of the molecule is C[C@H](NC(=O)[C@@H]1C[C@@H](O)CN1C(=O)[C@@H](n1cc(C2CCN(CC3(COc4cc(Oc5cncnc5)nc(-c5noc6c5CCC[C@@]65CCCc6sc(N)c(C#N)c65)n4)CC3)CC2)nn1)C(C)(C)C)c1ccc(-c2ncccc2Cl)cc1. The fraction of sp³-hybridized carbons (Fsp3) is 0.475. The zero-order valence-electron chi connectivity index (χ0n) is 45.8. The maximum atomic E-state index is 14.7. The summed E-state index contributed by atoms with van der Waals surface area (Å²) >= 11 is 7.90. The van der Waals surface area contributed by atoms with Crippen LogP contribution < -0.4 is 20.5 Å². The number of pyridine rings is 1. The molecule has 2 saturated heterocycles. The summed E-state index contributed by atoms with van der Waals surface area (Å²) < 4.78 is 20.8. The number of likely N-dealkylation sites (tertiary alicyclic amines) is 2. The molecule has 3 aliphatic carbocycles. The summed E-state index contributed by atoms with van der Waals surface area (Å²) in [5.41, 5.74) is 11.5. The normalized spacial score (nSPS) is 21.4. The Morgan fingerprint density at radius 1 is 1.04 bits per heavy atom. The lowest BCUT2D eigenvalue weighted by atomic mass is 9.63. The largest absolute Gasteiger partial charge is 0.477 e. The van der Waals surface area contributed by atoms with E-state index < -0.39 is 29.0 Å². The molecule has 12 rings (SSSR count). The minimum absolute atomic E-state index is 0.0365. The first-order valence-electron chi connectivity index (χ1n) is 28.0. The summed E-state index contributed by atoms with van der Waals surface area (Å²) in [6.45, 7) is 10.9. The van der Waals surface area contributed by atoms with Gasteiger partial charge >= 0.3 is 0 Å². The zero-order valence-corrected chi connectivity index (χ0v) is 47.4. The van der Waals surface area contributed by atoms with Crippen LogP contribution in [-0.2, 0) is 27.8 Å². The molecule has 2 amide bonds. The summed E-state index contributed by atoms with van der Waals surface area (Å²) in [6.07, 6.45) is 16.3. The maximum absolute atomic E-state index is 14.7. The van der Waals surface area contributed by atoms with Crippen LogP contribution in [0, 0.1) is 22.2 Å². The van der Waals surface area contributed by atoms with Crippen molar-refractivity contribution < 1.29 is 28.7 Å². The number of nitrogen functional groups attached to an aromatic ring is 1. The topological polar surface area (TPSA) is 262 Å². The van der Waals surface area contributed by atoms with Crippen LogP contribution in [0.25, 0.3) is 22.8 Å². The lowest BCUT2D eigenvalue weighted by molar-refractivity contribution is -0.144. The molecule has 0 radical (unpaired) electrons. The van der Waals surface area contributed by atoms with Crippen LogP contribution in [0.5, 0.6) is 17.5 Å². The Kier molecular flexibility index (Phi) is 14.6. The van der Waals surface area contributed by atoms with Gasteiger partial charge in [0.05, 0.1) is 64.6 Å². The van der Waals surface area contributed by atoms with Crippen molar-refractivity contribution in [3.63, 3.8) is 0 Å². The van der Waals surface area contributed by atoms with E-state index >= 15 is 0 Å². The third-order valence-corrected chi connectivity index (χ3v) is 18.5. The van der Waals surface area contributed by atoms with Crippen molar-refractivity contribution in [2.24, 2.45) is 10.8 Å². The van der Waals surface area contributed by atoms with Crippen molar-refractivity contribution in [3.05, 3.63) is 117 Å². The van der Waals surface area contributed by atoms with Crippen LogP contribution in [-0.4, -0.2) is 117 Å². The molecular formula is C59H65ClN14O6S. The van der Waals surface area contributed by atoms with Crippen molar-refractivity contribution >= 4 is 39.8 Å². The molecule has 1 aromatic carbocycles. The van der Waals surface area contributed by atoms with Gasteiger partial charge in [-0.3, -0.25) is 14.6 Å². The number of benzene rings is 1. The van der Waals surface area contributed by atoms with Crippen molar-refractivity contribution in [1.29, 1.82) is 5.26 Å². The highest BCUT2D eigenvalue weighted by Crippen LogP contribution is 2.55. The van der Waals surface area contributed by atoms with Gasteiger partial charge in [-0.2, -0.15) is 15.2 Å². The fourth-order valence-electron chi connectivity index (χ4n) is 12.8. The second-order valence-corrected chi connectivity index (χ2v) is 25.3. The number of fused-ring (bicyclic) bond motifs is 4. The monoisotopic (exact) mass is 1130 g/mol. The van der Waals surface area contributed by atoms with Gasteiger partial charge in [-0.1, -0.05) is 67.0 Å². The number of aliphatic hydroxyl groups excluding tert-OH is 1. The van der Waals surface area contributed by atoms with E-state index in [-0.39, 0.29) is 48.0 Å². The molecule has 5 aliphatic rings. The number of carbonyl (C=O) groups excluding carboxylic acids is 2. The number of anilines is 1. The molecule has 8 heterocycles. The minimum atomic E-state index is -0.865. The smallest absolute Gasteiger partial charge is 0.248 e. The number of nitrogens with one attached hydrogen (secondary N) is 1. The third-order valence-electron chi connectivity index (χ3n) is 17.1. The molecule has 22 heteroatoms. The third kappa shape index (κ3) is 10.7. The van der Waals surface area contributed by atoms with E-state index in [0.29, 0.717) is 51.0 Å². The Hall–Kier alpha value is -7.38. The van der Waals surface area contributed by atoms with E-state index in [1.165, 1.54) is 22.6 Å². The molecule has 0 unspecified atom stereocenters. The van der Waals surface area contributed by atoms with E-state index in [1.807, 2.05) is 58.2 Å². The molecule has 1 saturated carbocycles. The molecule has 81 heavy (non-hydrogen) atoms. The Morgan fingerprint density at radius 2 is 1.79 bits per heavy atom. The van der Waals surface area contributed by atoms with Gasteiger partial charge in [-0.25, -0.2) is 14.6 Å². The predicted molar refractivity (Wildman–Crippen MR) is 301 cm³/mol. The number of thiophene rings is 1. The van der Waals surface area contributed by atoms with Gasteiger partial charge in [0.25, 0.3) is 0 Å². The Labute approximate surface area is 478 Å². The highest BCUT2D eigenvalue weighted by molar-refractivity contribution is 7.16. The Balaban J connectivity index is 0.694. The number of ether oxygens (including phenoxy) is 2. The van der Waals surface area contributed by atoms with Gasteiger partial charge < -0.3 is 40.0 Å². The van der Waals surface area contributed by atoms with Crippen molar-refractivity contribution in [3.8, 4) is 46.4 Å². The number of aryl methyl sites for hydroxylation is 1. The van der Waals surface area contributed by atoms with Crippen LogP contribution in [0.1, 0.15) is 142 Å². The molecule has 420 valence electrons. The highest BCUT2D eigenvalue weighted by Gasteiger charge is 2.50. The number of hydrogen-bond donors (Lipinski definition) is 3. The fourth-order valence-corrected chi connectivity index (χ4v) is 14.2. The molecule has 0 bridgehead atoms. The summed E-state index contributed by atoms with van der Waals surface area (Å²) in [5, 5.41) is 39.2. The van der Waals surface area contributed by atoms with Crippen LogP contribution in [0.2, 0.25) is 5.02 Å². The van der Waals surface area contributed by atoms with Crippen LogP contribution in [0.3, 0.4) is 0 Å². The number of β-amino-alcohol motifs (C(OH)–C–C–N with tert-alkyl or cyclic N) is 1. The number of piperidine rings is 1. The van der Waals surface area contributed by atoms with Crippen LogP contribution >= 0.6 is 22.9 Å². The molecule has 4 N–H and O–H groups in total. The zero-order chi connectivity index (χ0) is 56.2. The molecule has 1 spiro atoms. The number of nitrogens with zero attached hydrogens (tertiary/aromatic N) is 12. The minimum Gasteiger partial charge on any atom is -0.477 e. The Bertz CT molecular complexity index is 3510. The molecular weight excluding hydrogens is 1070 g/mol. The average molecular weight is 1130 g/mol. The lowest BCUT2D eigenvalue weighted by Gasteiger charge is -2.39. The van der Waals surface area contributed by atoms with E-state index in [4.69, 9.17) is 41.3 Å². The average Bonchev–Trinajstić information content (AvgIpc) is 3.31. The van der Waals surface area contributed by atoms with Crippen molar-refractivity contribution in [2.45, 2.75) is 134 Å². The summed E-state index contributed by atoms with van der Waals surface area (Å²) in [6, 6.07) is 13.3. The number of hydrogen-bond acceptors (Lipinski definition) is 18. The van der Waals surface area contributed by atoms with E-state index in [9.17, 15) is 20.0 Å². The first kappa shape index (κ1) is 54.2. The molecule has 7 aromatic rings. The van der Waals surface area contributed by atoms with Gasteiger partial charge in [0, 0.05) is 59.2 Å². The number of aromatic nitrogens is 9. The quantitative estimate of drug-likeness (QED) is 0.0865. The number of rotatable bonds is 15. The number of halogens is 1. The second kappa shape index (κ2) is 21.8. The van der Waals surface area contributed by atoms with Gasteiger partial charge in [-0.15, -0.1) is 16.4 Å². The van der Waals surface area contributed by atoms with Gasteiger partial charge in [0.1, 0.15) is 29.5 Å². The number of amides is 2. The van der Waals surface area contributed by atoms with Crippen LogP contribution in [0.15, 0.2) is 78.1 Å². The summed E-state index contributed by atoms with van der Waals surface area (Å²) in [7, 11) is 0. The maximum Gasteiger partial charge on any atom is 0.248 e. The first-order chi connectivity index (χ1) is 39.1. The van der Waals surface area contributed by atoms with Gasteiger partial charge in [0.2, 0.25) is 23.6 Å².